The SMILES string of the molecule is C=O.O=S(=O)(O)c1cccc2cc3ccccc3cc12.[AlH3]. The molecule has 3 rings (SSSR count). The molecule has 0 spiro atoms. The van der Waals surface area contributed by atoms with Gasteiger partial charge in [-0.3, -0.25) is 4.55 Å². The van der Waals surface area contributed by atoms with Crippen molar-refractivity contribution in [1.29, 1.82) is 0 Å². The Hall–Kier alpha value is -1.71. The summed E-state index contributed by atoms with van der Waals surface area (Å²) < 4.78 is 31.9. The van der Waals surface area contributed by atoms with E-state index in [-0.39, 0.29) is 22.3 Å². The van der Waals surface area contributed by atoms with E-state index in [4.69, 9.17) is 4.79 Å². The first-order chi connectivity index (χ1) is 9.55. The lowest BCUT2D eigenvalue weighted by Crippen LogP contribution is -1.98. The molecule has 0 aliphatic heterocycles. The Labute approximate surface area is 133 Å². The van der Waals surface area contributed by atoms with E-state index in [1.165, 1.54) is 6.07 Å². The normalized spacial score (nSPS) is 10.5. The highest BCUT2D eigenvalue weighted by atomic mass is 32.2. The maximum atomic E-state index is 11.3. The summed E-state index contributed by atoms with van der Waals surface area (Å²) >= 11 is 0. The fourth-order valence-electron chi connectivity index (χ4n) is 2.16. The zero-order valence-electron chi connectivity index (χ0n) is 10.5. The highest BCUT2D eigenvalue weighted by molar-refractivity contribution is 7.86. The van der Waals surface area contributed by atoms with Crippen LogP contribution in [0.5, 0.6) is 0 Å². The largest absolute Gasteiger partial charge is 0.307 e. The van der Waals surface area contributed by atoms with Crippen molar-refractivity contribution in [2.24, 2.45) is 0 Å². The number of benzene rings is 3. The zero-order chi connectivity index (χ0) is 14.8. The Balaban J connectivity index is 0.000000706. The summed E-state index contributed by atoms with van der Waals surface area (Å²) in [5.41, 5.74) is 0. The van der Waals surface area contributed by atoms with Gasteiger partial charge in [-0.1, -0.05) is 36.4 Å². The minimum atomic E-state index is -4.20. The van der Waals surface area contributed by atoms with Gasteiger partial charge in [0.1, 0.15) is 11.7 Å². The van der Waals surface area contributed by atoms with Crippen LogP contribution in [0.4, 0.5) is 0 Å². The summed E-state index contributed by atoms with van der Waals surface area (Å²) in [5.74, 6) is 0. The highest BCUT2D eigenvalue weighted by Crippen LogP contribution is 2.27. The van der Waals surface area contributed by atoms with Crippen molar-refractivity contribution in [3.63, 3.8) is 0 Å². The van der Waals surface area contributed by atoms with Crippen molar-refractivity contribution in [1.82, 2.24) is 0 Å². The number of carbonyl (C=O) groups is 1. The van der Waals surface area contributed by atoms with Crippen molar-refractivity contribution in [2.45, 2.75) is 4.90 Å². The second-order valence-corrected chi connectivity index (χ2v) is 5.54. The number of fused-ring (bicyclic) bond motifs is 2. The fourth-order valence-corrected chi connectivity index (χ4v) is 2.87. The quantitative estimate of drug-likeness (QED) is 0.422. The molecule has 3 aromatic carbocycles. The summed E-state index contributed by atoms with van der Waals surface area (Å²) in [4.78, 5) is 7.95. The minimum absolute atomic E-state index is 0. The lowest BCUT2D eigenvalue weighted by atomic mass is 10.0. The third kappa shape index (κ3) is 3.49. The Morgan fingerprint density at radius 2 is 1.33 bits per heavy atom. The van der Waals surface area contributed by atoms with E-state index in [1.807, 2.05) is 43.2 Å². The monoisotopic (exact) mass is 318 g/mol. The van der Waals surface area contributed by atoms with Gasteiger partial charge in [-0.05, 0) is 34.4 Å². The topological polar surface area (TPSA) is 71.4 Å². The molecule has 108 valence electrons. The van der Waals surface area contributed by atoms with Gasteiger partial charge < -0.3 is 4.79 Å². The van der Waals surface area contributed by atoms with Crippen molar-refractivity contribution in [3.8, 4) is 0 Å². The summed E-state index contributed by atoms with van der Waals surface area (Å²) in [6, 6.07) is 16.3. The van der Waals surface area contributed by atoms with Crippen molar-refractivity contribution in [2.75, 3.05) is 0 Å². The van der Waals surface area contributed by atoms with Crippen LogP contribution in [0.3, 0.4) is 0 Å². The maximum Gasteiger partial charge on any atom is 0.295 e. The van der Waals surface area contributed by atoms with Crippen molar-refractivity contribution in [3.05, 3.63) is 54.6 Å². The molecule has 0 fully saturated rings. The number of hydrogen-bond donors (Lipinski definition) is 1. The molecule has 0 aromatic heterocycles. The fraction of sp³-hybridized carbons (Fsp3) is 0. The van der Waals surface area contributed by atoms with E-state index >= 15 is 0 Å². The van der Waals surface area contributed by atoms with Gasteiger partial charge in [-0.2, -0.15) is 8.42 Å². The number of carbonyl (C=O) groups excluding carboxylic acids is 1. The van der Waals surface area contributed by atoms with Crippen LogP contribution in [0.2, 0.25) is 0 Å². The molecule has 0 radical (unpaired) electrons. The van der Waals surface area contributed by atoms with Gasteiger partial charge in [0, 0.05) is 5.39 Å². The molecule has 1 N–H and O–H groups in total. The summed E-state index contributed by atoms with van der Waals surface area (Å²) in [5, 5.41) is 3.32. The van der Waals surface area contributed by atoms with Gasteiger partial charge in [0.2, 0.25) is 0 Å². The standard InChI is InChI=1S/C14H10O3S.CH2O.Al.3H/c15-18(16,17)14-7-3-6-12-8-10-4-1-2-5-11(10)9-13(12)14;1-2;;;;/h1-9H,(H,15,16,17);1H2;;;;. The molecule has 0 aliphatic carbocycles. The predicted molar refractivity (Wildman–Crippen MR) is 88.3 cm³/mol. The predicted octanol–water partition coefficient (Wildman–Crippen LogP) is 1.87. The van der Waals surface area contributed by atoms with Crippen LogP contribution in [0.25, 0.3) is 21.5 Å². The van der Waals surface area contributed by atoms with Gasteiger partial charge in [0.05, 0.1) is 0 Å². The second-order valence-electron chi connectivity index (χ2n) is 4.15. The van der Waals surface area contributed by atoms with Gasteiger partial charge in [-0.15, -0.1) is 0 Å². The molecule has 0 saturated carbocycles. The molecule has 6 heteroatoms. The lowest BCUT2D eigenvalue weighted by molar-refractivity contribution is -0.0979. The maximum absolute atomic E-state index is 11.3. The van der Waals surface area contributed by atoms with E-state index in [9.17, 15) is 13.0 Å². The first-order valence-corrected chi connectivity index (χ1v) is 7.17. The average Bonchev–Trinajstić information content (AvgIpc) is 2.45. The van der Waals surface area contributed by atoms with Crippen molar-refractivity contribution < 1.29 is 17.8 Å². The van der Waals surface area contributed by atoms with Crippen molar-refractivity contribution >= 4 is 55.8 Å². The van der Waals surface area contributed by atoms with Crippen LogP contribution in [-0.2, 0) is 14.9 Å². The van der Waals surface area contributed by atoms with Gasteiger partial charge in [0.25, 0.3) is 10.1 Å². The Morgan fingerprint density at radius 1 is 0.810 bits per heavy atom. The number of rotatable bonds is 1. The Kier molecular flexibility index (Phi) is 5.64. The molecule has 0 bridgehead atoms. The van der Waals surface area contributed by atoms with E-state index in [0.717, 1.165) is 16.2 Å². The molecule has 0 unspecified atom stereocenters. The van der Waals surface area contributed by atoms with E-state index in [1.54, 1.807) is 12.1 Å². The van der Waals surface area contributed by atoms with Crippen LogP contribution in [0, 0.1) is 0 Å². The van der Waals surface area contributed by atoms with Crippen LogP contribution in [-0.4, -0.2) is 37.1 Å². The third-order valence-electron chi connectivity index (χ3n) is 2.98. The second kappa shape index (κ2) is 6.83. The molecule has 21 heavy (non-hydrogen) atoms. The molecule has 0 saturated heterocycles. The first kappa shape index (κ1) is 17.3. The van der Waals surface area contributed by atoms with E-state index in [2.05, 4.69) is 0 Å². The lowest BCUT2D eigenvalue weighted by Gasteiger charge is -2.05. The molecular weight excluding hydrogens is 303 g/mol. The molecule has 3 aromatic rings. The molecule has 0 heterocycles. The van der Waals surface area contributed by atoms with Crippen LogP contribution < -0.4 is 0 Å². The minimum Gasteiger partial charge on any atom is -0.307 e. The average molecular weight is 318 g/mol. The van der Waals surface area contributed by atoms with Gasteiger partial charge in [0.15, 0.2) is 17.4 Å². The summed E-state index contributed by atoms with van der Waals surface area (Å²) in [6.45, 7) is 2.00. The van der Waals surface area contributed by atoms with Gasteiger partial charge in [-0.25, -0.2) is 0 Å². The van der Waals surface area contributed by atoms with Gasteiger partial charge >= 0.3 is 0 Å². The van der Waals surface area contributed by atoms with Crippen LogP contribution >= 0.6 is 0 Å². The Bertz CT molecular complexity index is 875. The zero-order valence-corrected chi connectivity index (χ0v) is 11.3. The van der Waals surface area contributed by atoms with E-state index in [0.29, 0.717) is 5.39 Å². The van der Waals surface area contributed by atoms with Crippen LogP contribution in [0.1, 0.15) is 0 Å². The smallest absolute Gasteiger partial charge is 0.295 e. The highest BCUT2D eigenvalue weighted by Gasteiger charge is 2.13. The molecule has 0 aliphatic rings. The molecular formula is C15H15AlO4S. The summed E-state index contributed by atoms with van der Waals surface area (Å²) in [7, 11) is -4.20. The Morgan fingerprint density at radius 3 is 1.90 bits per heavy atom. The summed E-state index contributed by atoms with van der Waals surface area (Å²) in [6.07, 6.45) is 0. The van der Waals surface area contributed by atoms with E-state index < -0.39 is 10.1 Å². The van der Waals surface area contributed by atoms with Crippen LogP contribution in [0.15, 0.2) is 59.5 Å². The third-order valence-corrected chi connectivity index (χ3v) is 3.90. The molecule has 4 nitrogen and oxygen atoms in total. The number of hydrogen-bond acceptors (Lipinski definition) is 3. The molecule has 0 atom stereocenters. The first-order valence-electron chi connectivity index (χ1n) is 5.73. The molecule has 0 amide bonds.